The fraction of sp³-hybridized carbons (Fsp3) is 0.471. The van der Waals surface area contributed by atoms with Crippen molar-refractivity contribution in [2.24, 2.45) is 7.05 Å². The van der Waals surface area contributed by atoms with Gasteiger partial charge in [0, 0.05) is 19.2 Å². The molecule has 1 aromatic carbocycles. The molecule has 0 saturated carbocycles. The van der Waals surface area contributed by atoms with Crippen molar-refractivity contribution in [1.82, 2.24) is 19.8 Å². The van der Waals surface area contributed by atoms with E-state index in [4.69, 9.17) is 16.6 Å². The van der Waals surface area contributed by atoms with Crippen LogP contribution in [0, 0.1) is 0 Å². The lowest BCUT2D eigenvalue weighted by atomic mass is 10.2. The van der Waals surface area contributed by atoms with Crippen molar-refractivity contribution >= 4 is 11.6 Å². The van der Waals surface area contributed by atoms with Gasteiger partial charge in [0.15, 0.2) is 0 Å². The van der Waals surface area contributed by atoms with Crippen LogP contribution in [0.2, 0.25) is 5.15 Å². The Kier molecular flexibility index (Phi) is 4.81. The van der Waals surface area contributed by atoms with E-state index < -0.39 is 0 Å². The Balaban J connectivity index is 1.99. The largest absolute Gasteiger partial charge is 0.318 e. The third-order valence-corrected chi connectivity index (χ3v) is 4.82. The van der Waals surface area contributed by atoms with Gasteiger partial charge in [0.1, 0.15) is 11.0 Å². The van der Waals surface area contributed by atoms with Crippen molar-refractivity contribution in [3.8, 4) is 11.4 Å². The topological polar surface area (TPSA) is 33.1 Å². The summed E-state index contributed by atoms with van der Waals surface area (Å²) in [7, 11) is 3.97. The average Bonchev–Trinajstić information content (AvgIpc) is 3.17. The third kappa shape index (κ3) is 2.91. The van der Waals surface area contributed by atoms with Gasteiger partial charge in [0.2, 0.25) is 0 Å². The highest BCUT2D eigenvalue weighted by Gasteiger charge is 2.28. The summed E-state index contributed by atoms with van der Waals surface area (Å²) in [6.45, 7) is 3.12. The molecule has 0 radical (unpaired) electrons. The van der Waals surface area contributed by atoms with E-state index in [1.807, 2.05) is 36.9 Å². The summed E-state index contributed by atoms with van der Waals surface area (Å²) < 4.78 is 1.99. The Labute approximate surface area is 137 Å². The van der Waals surface area contributed by atoms with Gasteiger partial charge in [-0.2, -0.15) is 0 Å². The minimum Gasteiger partial charge on any atom is -0.318 e. The Morgan fingerprint density at radius 2 is 1.91 bits per heavy atom. The van der Waals surface area contributed by atoms with E-state index in [9.17, 15) is 0 Å². The van der Waals surface area contributed by atoms with Crippen LogP contribution in [0.25, 0.3) is 11.4 Å². The number of aromatic nitrogens is 2. The molecule has 3 rings (SSSR count). The highest BCUT2D eigenvalue weighted by molar-refractivity contribution is 6.30. The predicted octanol–water partition coefficient (Wildman–Crippen LogP) is 3.10. The number of hydrogen-bond donors (Lipinski definition) is 1. The van der Waals surface area contributed by atoms with E-state index >= 15 is 0 Å². The van der Waals surface area contributed by atoms with Crippen molar-refractivity contribution in [1.29, 1.82) is 0 Å². The van der Waals surface area contributed by atoms with Crippen molar-refractivity contribution in [2.75, 3.05) is 26.7 Å². The molecule has 1 N–H and O–H groups in total. The van der Waals surface area contributed by atoms with Crippen LogP contribution in [0.4, 0.5) is 0 Å². The lowest BCUT2D eigenvalue weighted by Crippen LogP contribution is -2.33. The molecule has 5 heteroatoms. The second-order valence-corrected chi connectivity index (χ2v) is 6.21. The van der Waals surface area contributed by atoms with Gasteiger partial charge in [0.05, 0.1) is 11.7 Å². The molecule has 118 valence electrons. The number of imidazole rings is 1. The second kappa shape index (κ2) is 6.82. The van der Waals surface area contributed by atoms with Gasteiger partial charge in [-0.05, 0) is 33.0 Å². The molecule has 1 fully saturated rings. The first-order valence-electron chi connectivity index (χ1n) is 7.88. The standard InChI is InChI=1S/C17H23ClN4/c1-19-12-14(22-10-6-7-11-22)15-16(18)21(2)17(20-15)13-8-4-3-5-9-13/h3-5,8-9,14,19H,6-7,10-12H2,1-2H3. The summed E-state index contributed by atoms with van der Waals surface area (Å²) >= 11 is 6.62. The van der Waals surface area contributed by atoms with E-state index in [0.717, 1.165) is 41.9 Å². The van der Waals surface area contributed by atoms with Crippen molar-refractivity contribution in [3.63, 3.8) is 0 Å². The molecular weight excluding hydrogens is 296 g/mol. The van der Waals surface area contributed by atoms with Crippen LogP contribution in [-0.4, -0.2) is 41.1 Å². The van der Waals surface area contributed by atoms with Crippen molar-refractivity contribution < 1.29 is 0 Å². The third-order valence-electron chi connectivity index (χ3n) is 4.38. The van der Waals surface area contributed by atoms with Gasteiger partial charge in [-0.1, -0.05) is 41.9 Å². The van der Waals surface area contributed by atoms with Crippen LogP contribution in [0.15, 0.2) is 30.3 Å². The number of rotatable bonds is 5. The Morgan fingerprint density at radius 3 is 2.55 bits per heavy atom. The molecule has 0 bridgehead atoms. The zero-order chi connectivity index (χ0) is 15.5. The molecular formula is C17H23ClN4. The fourth-order valence-corrected chi connectivity index (χ4v) is 3.45. The van der Waals surface area contributed by atoms with Crippen molar-refractivity contribution in [3.05, 3.63) is 41.2 Å². The lowest BCUT2D eigenvalue weighted by molar-refractivity contribution is 0.238. The predicted molar refractivity (Wildman–Crippen MR) is 91.1 cm³/mol. The fourth-order valence-electron chi connectivity index (χ4n) is 3.20. The molecule has 4 nitrogen and oxygen atoms in total. The molecule has 1 aliphatic heterocycles. The molecule has 1 aromatic heterocycles. The van der Waals surface area contributed by atoms with Gasteiger partial charge in [-0.3, -0.25) is 4.90 Å². The second-order valence-electron chi connectivity index (χ2n) is 5.85. The summed E-state index contributed by atoms with van der Waals surface area (Å²) in [5, 5.41) is 4.03. The number of likely N-dealkylation sites (tertiary alicyclic amines) is 1. The number of nitrogens with zero attached hydrogens (tertiary/aromatic N) is 3. The highest BCUT2D eigenvalue weighted by Crippen LogP contribution is 2.32. The Morgan fingerprint density at radius 1 is 1.23 bits per heavy atom. The van der Waals surface area contributed by atoms with Gasteiger partial charge in [0.25, 0.3) is 0 Å². The Bertz CT molecular complexity index is 617. The van der Waals surface area contributed by atoms with Crippen LogP contribution in [-0.2, 0) is 7.05 Å². The molecule has 1 atom stereocenters. The van der Waals surface area contributed by atoms with Crippen LogP contribution in [0.3, 0.4) is 0 Å². The van der Waals surface area contributed by atoms with E-state index in [1.54, 1.807) is 0 Å². The van der Waals surface area contributed by atoms with Gasteiger partial charge in [-0.25, -0.2) is 4.98 Å². The molecule has 0 aliphatic carbocycles. The SMILES string of the molecule is CNCC(c1nc(-c2ccccc2)n(C)c1Cl)N1CCCC1. The van der Waals surface area contributed by atoms with Gasteiger partial charge >= 0.3 is 0 Å². The number of nitrogens with one attached hydrogen (secondary N) is 1. The molecule has 0 spiro atoms. The zero-order valence-electron chi connectivity index (χ0n) is 13.2. The molecule has 22 heavy (non-hydrogen) atoms. The van der Waals surface area contributed by atoms with Crippen molar-refractivity contribution in [2.45, 2.75) is 18.9 Å². The van der Waals surface area contributed by atoms with Gasteiger partial charge < -0.3 is 9.88 Å². The molecule has 1 unspecified atom stereocenters. The zero-order valence-corrected chi connectivity index (χ0v) is 14.0. The molecule has 1 aliphatic rings. The number of halogens is 1. The minimum atomic E-state index is 0.240. The molecule has 2 aromatic rings. The normalized spacial score (nSPS) is 17.0. The van der Waals surface area contributed by atoms with Crippen LogP contribution < -0.4 is 5.32 Å². The van der Waals surface area contributed by atoms with E-state index in [2.05, 4.69) is 22.3 Å². The molecule has 0 amide bonds. The number of likely N-dealkylation sites (N-methyl/N-ethyl adjacent to an activating group) is 1. The highest BCUT2D eigenvalue weighted by atomic mass is 35.5. The first-order valence-corrected chi connectivity index (χ1v) is 8.26. The maximum atomic E-state index is 6.62. The average molecular weight is 319 g/mol. The van der Waals surface area contributed by atoms with Crippen LogP contribution in [0.1, 0.15) is 24.6 Å². The summed E-state index contributed by atoms with van der Waals surface area (Å²) in [4.78, 5) is 7.38. The number of benzene rings is 1. The summed E-state index contributed by atoms with van der Waals surface area (Å²) in [5.74, 6) is 0.931. The van der Waals surface area contributed by atoms with E-state index in [1.165, 1.54) is 12.8 Å². The number of hydrogen-bond acceptors (Lipinski definition) is 3. The monoisotopic (exact) mass is 318 g/mol. The molecule has 1 saturated heterocycles. The summed E-state index contributed by atoms with van der Waals surface area (Å²) in [5.41, 5.74) is 2.09. The molecule has 2 heterocycles. The first-order chi connectivity index (χ1) is 10.7. The Hall–Kier alpha value is -1.36. The van der Waals surface area contributed by atoms with Gasteiger partial charge in [-0.15, -0.1) is 0 Å². The lowest BCUT2D eigenvalue weighted by Gasteiger charge is -2.26. The summed E-state index contributed by atoms with van der Waals surface area (Å²) in [6.07, 6.45) is 2.52. The summed E-state index contributed by atoms with van der Waals surface area (Å²) in [6, 6.07) is 10.5. The van der Waals surface area contributed by atoms with Crippen LogP contribution in [0.5, 0.6) is 0 Å². The minimum absolute atomic E-state index is 0.240. The van der Waals surface area contributed by atoms with E-state index in [-0.39, 0.29) is 6.04 Å². The first kappa shape index (κ1) is 15.5. The van der Waals surface area contributed by atoms with E-state index in [0.29, 0.717) is 0 Å². The smallest absolute Gasteiger partial charge is 0.141 e. The quantitative estimate of drug-likeness (QED) is 0.919. The maximum Gasteiger partial charge on any atom is 0.141 e. The maximum absolute atomic E-state index is 6.62. The van der Waals surface area contributed by atoms with Crippen LogP contribution >= 0.6 is 11.6 Å².